The third-order valence-corrected chi connectivity index (χ3v) is 8.70. The maximum atomic E-state index is 7.54. The Morgan fingerprint density at radius 1 is 0.578 bits per heavy atom. The van der Waals surface area contributed by atoms with Crippen LogP contribution in [-0.4, -0.2) is 10.4 Å². The maximum Gasteiger partial charge on any atom is 0.245 e. The number of nitrogens with zero attached hydrogens (tertiary/aromatic N) is 2. The molecule has 0 unspecified atom stereocenters. The van der Waals surface area contributed by atoms with E-state index in [-0.39, 0.29) is 0 Å². The topological polar surface area (TPSA) is 40.9 Å². The molecule has 0 radical (unpaired) electrons. The van der Waals surface area contributed by atoms with Gasteiger partial charge in [-0.1, -0.05) is 54.6 Å². The number of ether oxygens (including phenoxy) is 2. The number of rotatable bonds is 2. The molecule has 5 nitrogen and oxygen atoms in total. The Morgan fingerprint density at radius 3 is 2.20 bits per heavy atom. The molecule has 0 saturated carbocycles. The Labute approximate surface area is 259 Å². The van der Waals surface area contributed by atoms with Gasteiger partial charge in [0.1, 0.15) is 22.7 Å². The minimum atomic E-state index is -0.883. The second kappa shape index (κ2) is 9.25. The Bertz CT molecular complexity index is 2540. The summed E-state index contributed by atoms with van der Waals surface area (Å²) in [5.74, 6) is 0.628. The summed E-state index contributed by atoms with van der Waals surface area (Å²) in [6.07, 6.45) is 0. The summed E-state index contributed by atoms with van der Waals surface area (Å²) >= 11 is 0. The average Bonchev–Trinajstić information content (AvgIpc) is 3.56. The smallest absolute Gasteiger partial charge is 0.245 e. The fraction of sp³-hybridized carbons (Fsp3) is 0.0750. The monoisotopic (exact) mass is 582 g/mol. The average molecular weight is 583 g/mol. The van der Waals surface area contributed by atoms with Crippen molar-refractivity contribution >= 4 is 49.4 Å². The third-order valence-electron chi connectivity index (χ3n) is 8.70. The third kappa shape index (κ3) is 3.93. The van der Waals surface area contributed by atoms with E-state index in [2.05, 4.69) is 82.2 Å². The second-order valence-electron chi connectivity index (χ2n) is 12.0. The van der Waals surface area contributed by atoms with Crippen LogP contribution in [0.25, 0.3) is 76.5 Å². The van der Waals surface area contributed by atoms with Crippen LogP contribution in [0.1, 0.15) is 13.8 Å². The number of fused-ring (bicyclic) bond motifs is 9. The van der Waals surface area contributed by atoms with Gasteiger partial charge in [0.2, 0.25) is 5.79 Å². The first-order chi connectivity index (χ1) is 22.0. The van der Waals surface area contributed by atoms with E-state index < -0.39 is 5.79 Å². The number of para-hydroxylation sites is 2. The van der Waals surface area contributed by atoms with Crippen LogP contribution in [0.4, 0.5) is 5.69 Å². The standard InChI is InChI=1S/C40H26N2O3/c1-40(2)44-37-19-15-27(42-34-10-6-4-8-28(34)32-22-26(41-3)14-18-35(32)42)23-33(37)31-17-13-25(21-39(31)45-40)24-12-16-30-29-9-5-7-11-36(29)43-38(30)20-24/h4-23H,1-2H3. The minimum absolute atomic E-state index is 0.629. The van der Waals surface area contributed by atoms with Gasteiger partial charge in [-0.2, -0.15) is 0 Å². The lowest BCUT2D eigenvalue weighted by Crippen LogP contribution is -2.34. The lowest BCUT2D eigenvalue weighted by molar-refractivity contribution is -0.0778. The highest BCUT2D eigenvalue weighted by Crippen LogP contribution is 2.46. The summed E-state index contributed by atoms with van der Waals surface area (Å²) in [6.45, 7) is 11.4. The molecule has 2 aromatic heterocycles. The summed E-state index contributed by atoms with van der Waals surface area (Å²) in [4.78, 5) is 3.67. The molecular weight excluding hydrogens is 556 g/mol. The molecule has 45 heavy (non-hydrogen) atoms. The highest BCUT2D eigenvalue weighted by atomic mass is 16.7. The van der Waals surface area contributed by atoms with Gasteiger partial charge in [-0.3, -0.25) is 0 Å². The fourth-order valence-electron chi connectivity index (χ4n) is 6.73. The molecule has 3 heterocycles. The molecule has 0 N–H and O–H groups in total. The number of hydrogen-bond donors (Lipinski definition) is 0. The molecule has 214 valence electrons. The van der Waals surface area contributed by atoms with E-state index in [1.807, 2.05) is 62.4 Å². The first-order valence-corrected chi connectivity index (χ1v) is 14.9. The van der Waals surface area contributed by atoms with Gasteiger partial charge in [0.15, 0.2) is 5.69 Å². The van der Waals surface area contributed by atoms with Crippen molar-refractivity contribution in [1.82, 2.24) is 4.57 Å². The molecule has 0 bridgehead atoms. The van der Waals surface area contributed by atoms with Crippen molar-refractivity contribution in [2.45, 2.75) is 19.6 Å². The Hall–Kier alpha value is -5.99. The number of hydrogen-bond acceptors (Lipinski definition) is 3. The molecule has 8 aromatic rings. The van der Waals surface area contributed by atoms with Crippen LogP contribution in [0, 0.1) is 6.57 Å². The Kier molecular flexibility index (Phi) is 5.24. The van der Waals surface area contributed by atoms with Gasteiger partial charge in [-0.25, -0.2) is 4.85 Å². The molecule has 0 saturated heterocycles. The molecule has 9 rings (SSSR count). The van der Waals surface area contributed by atoms with E-state index in [1.165, 1.54) is 0 Å². The van der Waals surface area contributed by atoms with Gasteiger partial charge in [-0.05, 0) is 83.2 Å². The first-order valence-electron chi connectivity index (χ1n) is 14.9. The second-order valence-corrected chi connectivity index (χ2v) is 12.0. The van der Waals surface area contributed by atoms with Gasteiger partial charge < -0.3 is 18.5 Å². The van der Waals surface area contributed by atoms with E-state index in [1.54, 1.807) is 0 Å². The summed E-state index contributed by atoms with van der Waals surface area (Å²) < 4.78 is 21.4. The van der Waals surface area contributed by atoms with Crippen LogP contribution in [-0.2, 0) is 0 Å². The largest absolute Gasteiger partial charge is 0.456 e. The highest BCUT2D eigenvalue weighted by molar-refractivity contribution is 6.10. The maximum absolute atomic E-state index is 7.54. The quantitative estimate of drug-likeness (QED) is 0.190. The van der Waals surface area contributed by atoms with Crippen LogP contribution in [0.2, 0.25) is 0 Å². The molecule has 6 aromatic carbocycles. The minimum Gasteiger partial charge on any atom is -0.456 e. The fourth-order valence-corrected chi connectivity index (χ4v) is 6.73. The molecule has 0 fully saturated rings. The Morgan fingerprint density at radius 2 is 1.31 bits per heavy atom. The van der Waals surface area contributed by atoms with Crippen molar-refractivity contribution in [2.24, 2.45) is 0 Å². The van der Waals surface area contributed by atoms with Gasteiger partial charge in [0.05, 0.1) is 17.6 Å². The van der Waals surface area contributed by atoms with Gasteiger partial charge in [0.25, 0.3) is 0 Å². The molecule has 0 spiro atoms. The summed E-state index contributed by atoms with van der Waals surface area (Å²) in [5.41, 5.74) is 9.50. The van der Waals surface area contributed by atoms with Gasteiger partial charge >= 0.3 is 0 Å². The van der Waals surface area contributed by atoms with Crippen molar-refractivity contribution in [3.8, 4) is 39.4 Å². The predicted octanol–water partition coefficient (Wildman–Crippen LogP) is 11.1. The summed E-state index contributed by atoms with van der Waals surface area (Å²) in [7, 11) is 0. The van der Waals surface area contributed by atoms with Crippen molar-refractivity contribution in [3.05, 3.63) is 133 Å². The molecule has 5 heteroatoms. The first kappa shape index (κ1) is 25.5. The normalized spacial score (nSPS) is 13.6. The molecule has 0 atom stereocenters. The highest BCUT2D eigenvalue weighted by Gasteiger charge is 2.30. The molecule has 0 aliphatic carbocycles. The molecule has 1 aliphatic heterocycles. The number of furan rings is 1. The lowest BCUT2D eigenvalue weighted by Gasteiger charge is -2.26. The van der Waals surface area contributed by atoms with Gasteiger partial charge in [0, 0.05) is 46.8 Å². The van der Waals surface area contributed by atoms with E-state index >= 15 is 0 Å². The predicted molar refractivity (Wildman–Crippen MR) is 181 cm³/mol. The van der Waals surface area contributed by atoms with E-state index in [0.29, 0.717) is 5.69 Å². The van der Waals surface area contributed by atoms with Crippen LogP contribution in [0.3, 0.4) is 0 Å². The zero-order valence-corrected chi connectivity index (χ0v) is 24.7. The zero-order chi connectivity index (χ0) is 30.3. The number of benzene rings is 6. The summed E-state index contributed by atoms with van der Waals surface area (Å²) in [5, 5.41) is 4.39. The van der Waals surface area contributed by atoms with E-state index in [9.17, 15) is 0 Å². The lowest BCUT2D eigenvalue weighted by atomic mass is 9.97. The van der Waals surface area contributed by atoms with Crippen molar-refractivity contribution in [3.63, 3.8) is 0 Å². The van der Waals surface area contributed by atoms with Crippen LogP contribution < -0.4 is 9.47 Å². The SMILES string of the molecule is [C-]#[N+]c1ccc2c(c1)c1ccccc1n2-c1ccc2c(c1)-c1ccc(-c3ccc4c(c3)oc3ccccc34)cc1OC(C)(C)O2. The molecular formula is C40H26N2O3. The molecule has 0 amide bonds. The molecule has 1 aliphatic rings. The number of aromatic nitrogens is 1. The van der Waals surface area contributed by atoms with E-state index in [0.717, 1.165) is 83.2 Å². The van der Waals surface area contributed by atoms with Crippen molar-refractivity contribution < 1.29 is 13.9 Å². The zero-order valence-electron chi connectivity index (χ0n) is 24.7. The van der Waals surface area contributed by atoms with Crippen LogP contribution in [0.15, 0.2) is 126 Å². The Balaban J connectivity index is 1.21. The van der Waals surface area contributed by atoms with Crippen molar-refractivity contribution in [2.75, 3.05) is 0 Å². The van der Waals surface area contributed by atoms with Crippen molar-refractivity contribution in [1.29, 1.82) is 0 Å². The van der Waals surface area contributed by atoms with Crippen LogP contribution >= 0.6 is 0 Å². The van der Waals surface area contributed by atoms with Crippen LogP contribution in [0.5, 0.6) is 11.5 Å². The summed E-state index contributed by atoms with van der Waals surface area (Å²) in [6, 6.07) is 41.4. The van der Waals surface area contributed by atoms with Gasteiger partial charge in [-0.15, -0.1) is 0 Å². The van der Waals surface area contributed by atoms with E-state index in [4.69, 9.17) is 20.5 Å².